The van der Waals surface area contributed by atoms with E-state index in [2.05, 4.69) is 5.43 Å². The third-order valence-corrected chi connectivity index (χ3v) is 4.37. The molecule has 1 amide bonds. The molecule has 0 spiro atoms. The fourth-order valence-electron chi connectivity index (χ4n) is 2.79. The first-order valence-electron chi connectivity index (χ1n) is 8.93. The van der Waals surface area contributed by atoms with Crippen molar-refractivity contribution in [1.29, 1.82) is 0 Å². The molecule has 1 aliphatic rings. The molecule has 8 heteroatoms. The maximum absolute atomic E-state index is 12.6. The highest BCUT2D eigenvalue weighted by molar-refractivity contribution is 5.87. The van der Waals surface area contributed by atoms with Crippen molar-refractivity contribution in [1.82, 2.24) is 10.4 Å². The van der Waals surface area contributed by atoms with Crippen LogP contribution in [0.25, 0.3) is 0 Å². The lowest BCUT2D eigenvalue weighted by molar-refractivity contribution is -0.165. The van der Waals surface area contributed by atoms with Crippen LogP contribution in [-0.4, -0.2) is 48.9 Å². The number of esters is 2. The Kier molecular flexibility index (Phi) is 6.79. The summed E-state index contributed by atoms with van der Waals surface area (Å²) in [6.45, 7) is 6.94. The second kappa shape index (κ2) is 8.85. The lowest BCUT2D eigenvalue weighted by Gasteiger charge is -2.34. The van der Waals surface area contributed by atoms with Gasteiger partial charge in [0, 0.05) is 0 Å². The third kappa shape index (κ3) is 4.57. The summed E-state index contributed by atoms with van der Waals surface area (Å²) in [5.74, 6) is -1.22. The van der Waals surface area contributed by atoms with Gasteiger partial charge in [-0.25, -0.2) is 15.2 Å². The fourth-order valence-corrected chi connectivity index (χ4v) is 2.79. The van der Waals surface area contributed by atoms with E-state index in [1.807, 2.05) is 30.3 Å². The number of nitrogens with zero attached hydrogens (tertiary/aromatic N) is 1. The van der Waals surface area contributed by atoms with E-state index in [4.69, 9.17) is 14.2 Å². The molecule has 1 aliphatic heterocycles. The largest absolute Gasteiger partial charge is 0.466 e. The standard InChI is InChI=1S/C19H26N2O6/c1-5-25-16(22)15(19(3,4)17(23)26-6-2)20-21-14(12-27-18(21)24)13-10-8-7-9-11-13/h7-11,14-15,20H,5-6,12H2,1-4H3/t14-,15-/m1/s1. The fraction of sp³-hybridized carbons (Fsp3) is 0.526. The van der Waals surface area contributed by atoms with Gasteiger partial charge in [0.05, 0.1) is 18.6 Å². The van der Waals surface area contributed by atoms with Gasteiger partial charge in [-0.1, -0.05) is 30.3 Å². The highest BCUT2D eigenvalue weighted by Crippen LogP contribution is 2.30. The van der Waals surface area contributed by atoms with Gasteiger partial charge in [-0.15, -0.1) is 0 Å². The van der Waals surface area contributed by atoms with Gasteiger partial charge in [0.2, 0.25) is 0 Å². The van der Waals surface area contributed by atoms with Gasteiger partial charge in [-0.05, 0) is 33.3 Å². The first-order valence-corrected chi connectivity index (χ1v) is 8.93. The van der Waals surface area contributed by atoms with Crippen molar-refractivity contribution in [2.45, 2.75) is 39.8 Å². The number of nitrogens with one attached hydrogen (secondary N) is 1. The summed E-state index contributed by atoms with van der Waals surface area (Å²) in [6, 6.07) is 7.71. The zero-order valence-corrected chi connectivity index (χ0v) is 16.1. The maximum atomic E-state index is 12.6. The summed E-state index contributed by atoms with van der Waals surface area (Å²) in [5.41, 5.74) is 2.43. The molecular weight excluding hydrogens is 352 g/mol. The molecule has 0 radical (unpaired) electrons. The number of hydrazine groups is 1. The van der Waals surface area contributed by atoms with Crippen LogP contribution >= 0.6 is 0 Å². The molecule has 1 fully saturated rings. The summed E-state index contributed by atoms with van der Waals surface area (Å²) in [4.78, 5) is 37.3. The van der Waals surface area contributed by atoms with Crippen LogP contribution < -0.4 is 5.43 Å². The zero-order valence-electron chi connectivity index (χ0n) is 16.1. The molecular formula is C19H26N2O6. The van der Waals surface area contributed by atoms with Crippen molar-refractivity contribution >= 4 is 18.0 Å². The van der Waals surface area contributed by atoms with E-state index in [0.29, 0.717) is 0 Å². The molecule has 0 bridgehead atoms. The van der Waals surface area contributed by atoms with E-state index in [1.165, 1.54) is 5.01 Å². The van der Waals surface area contributed by atoms with Crippen molar-refractivity contribution in [3.63, 3.8) is 0 Å². The SMILES string of the molecule is CCOC(=O)[C@@H](NN1C(=O)OC[C@@H]1c1ccccc1)C(C)(C)C(=O)OCC. The molecule has 1 aromatic rings. The molecule has 148 valence electrons. The second-order valence-corrected chi connectivity index (χ2v) is 6.63. The number of hydrogen-bond donors (Lipinski definition) is 1. The molecule has 8 nitrogen and oxygen atoms in total. The second-order valence-electron chi connectivity index (χ2n) is 6.63. The lowest BCUT2D eigenvalue weighted by atomic mass is 9.84. The van der Waals surface area contributed by atoms with Crippen LogP contribution in [0.2, 0.25) is 0 Å². The Bertz CT molecular complexity index is 676. The average Bonchev–Trinajstić information content (AvgIpc) is 3.01. The average molecular weight is 378 g/mol. The summed E-state index contributed by atoms with van der Waals surface area (Å²) < 4.78 is 15.4. The van der Waals surface area contributed by atoms with Gasteiger partial charge in [0.25, 0.3) is 0 Å². The van der Waals surface area contributed by atoms with E-state index < -0.39 is 35.5 Å². The zero-order chi connectivity index (χ0) is 20.0. The van der Waals surface area contributed by atoms with Gasteiger partial charge in [0.15, 0.2) is 0 Å². The summed E-state index contributed by atoms with van der Waals surface area (Å²) >= 11 is 0. The molecule has 0 unspecified atom stereocenters. The minimum absolute atomic E-state index is 0.130. The van der Waals surface area contributed by atoms with Crippen molar-refractivity contribution in [3.05, 3.63) is 35.9 Å². The molecule has 1 saturated heterocycles. The Hall–Kier alpha value is -2.61. The van der Waals surface area contributed by atoms with Crippen molar-refractivity contribution in [2.75, 3.05) is 19.8 Å². The molecule has 0 saturated carbocycles. The topological polar surface area (TPSA) is 94.2 Å². The number of amides is 1. The number of carbonyl (C=O) groups is 3. The first-order chi connectivity index (χ1) is 12.8. The van der Waals surface area contributed by atoms with Crippen LogP contribution in [0.15, 0.2) is 30.3 Å². The minimum Gasteiger partial charge on any atom is -0.466 e. The predicted octanol–water partition coefficient (Wildman–Crippen LogP) is 2.21. The van der Waals surface area contributed by atoms with Crippen molar-refractivity contribution < 1.29 is 28.6 Å². The van der Waals surface area contributed by atoms with E-state index in [1.54, 1.807) is 27.7 Å². The summed E-state index contributed by atoms with van der Waals surface area (Å²) in [7, 11) is 0. The number of rotatable bonds is 8. The number of benzene rings is 1. The number of cyclic esters (lactones) is 1. The van der Waals surface area contributed by atoms with Crippen LogP contribution in [0.1, 0.15) is 39.3 Å². The lowest BCUT2D eigenvalue weighted by Crippen LogP contribution is -2.58. The summed E-state index contributed by atoms with van der Waals surface area (Å²) in [5, 5.41) is 1.23. The smallest absolute Gasteiger partial charge is 0.425 e. The van der Waals surface area contributed by atoms with Crippen LogP contribution in [0.3, 0.4) is 0 Å². The normalized spacial score (nSPS) is 18.0. The monoisotopic (exact) mass is 378 g/mol. The molecule has 1 aromatic carbocycles. The quantitative estimate of drug-likeness (QED) is 0.547. The maximum Gasteiger partial charge on any atom is 0.425 e. The first kappa shape index (κ1) is 20.7. The van der Waals surface area contributed by atoms with Crippen LogP contribution in [0.4, 0.5) is 4.79 Å². The van der Waals surface area contributed by atoms with Crippen LogP contribution in [0, 0.1) is 5.41 Å². The highest BCUT2D eigenvalue weighted by atomic mass is 16.6. The Morgan fingerprint density at radius 1 is 1.22 bits per heavy atom. The molecule has 2 rings (SSSR count). The Morgan fingerprint density at radius 3 is 2.44 bits per heavy atom. The Labute approximate surface area is 158 Å². The molecule has 2 atom stereocenters. The van der Waals surface area contributed by atoms with E-state index in [9.17, 15) is 14.4 Å². The molecule has 27 heavy (non-hydrogen) atoms. The van der Waals surface area contributed by atoms with Crippen LogP contribution in [-0.2, 0) is 23.8 Å². The van der Waals surface area contributed by atoms with Gasteiger partial charge in [-0.2, -0.15) is 0 Å². The Morgan fingerprint density at radius 2 is 1.85 bits per heavy atom. The third-order valence-electron chi connectivity index (χ3n) is 4.37. The van der Waals surface area contributed by atoms with E-state index in [0.717, 1.165) is 5.56 Å². The molecule has 0 aromatic heterocycles. The van der Waals surface area contributed by atoms with Crippen molar-refractivity contribution in [3.8, 4) is 0 Å². The van der Waals surface area contributed by atoms with Crippen LogP contribution in [0.5, 0.6) is 0 Å². The minimum atomic E-state index is -1.27. The van der Waals surface area contributed by atoms with Gasteiger partial charge >= 0.3 is 18.0 Å². The van der Waals surface area contributed by atoms with Gasteiger partial charge in [-0.3, -0.25) is 9.59 Å². The summed E-state index contributed by atoms with van der Waals surface area (Å²) in [6.07, 6.45) is -0.627. The number of hydrogen-bond acceptors (Lipinski definition) is 7. The van der Waals surface area contributed by atoms with Gasteiger partial charge < -0.3 is 14.2 Å². The Balaban J connectivity index is 2.31. The van der Waals surface area contributed by atoms with Crippen molar-refractivity contribution in [2.24, 2.45) is 5.41 Å². The number of carbonyl (C=O) groups excluding carboxylic acids is 3. The molecule has 1 heterocycles. The van der Waals surface area contributed by atoms with E-state index in [-0.39, 0.29) is 19.8 Å². The van der Waals surface area contributed by atoms with E-state index >= 15 is 0 Å². The van der Waals surface area contributed by atoms with Gasteiger partial charge in [0.1, 0.15) is 18.7 Å². The number of ether oxygens (including phenoxy) is 3. The molecule has 1 N–H and O–H groups in total. The molecule has 0 aliphatic carbocycles. The highest BCUT2D eigenvalue weighted by Gasteiger charge is 2.47. The predicted molar refractivity (Wildman–Crippen MR) is 96.3 cm³/mol.